The predicted octanol–water partition coefficient (Wildman–Crippen LogP) is 7.64. The fraction of sp³-hybridized carbons (Fsp3) is 0.933. The molecule has 4 rings (SSSR count). The number of hydrogen-bond acceptors (Lipinski definition) is 2. The minimum atomic E-state index is -0.143. The number of nitrogens with two attached hydrogens (primary N) is 1. The zero-order valence-corrected chi connectivity index (χ0v) is 22.4. The number of aliphatic hydroxyl groups is 1. The van der Waals surface area contributed by atoms with E-state index >= 15 is 0 Å². The normalized spacial score (nSPS) is 50.1. The first-order valence-corrected chi connectivity index (χ1v) is 14.1. The second-order valence-electron chi connectivity index (χ2n) is 13.8. The van der Waals surface area contributed by atoms with E-state index in [4.69, 9.17) is 5.73 Å². The molecule has 3 N–H and O–H groups in total. The minimum absolute atomic E-state index is 0.00139. The largest absolute Gasteiger partial charge is 0.393 e. The number of allylic oxidation sites excluding steroid dienone is 1. The van der Waals surface area contributed by atoms with Gasteiger partial charge in [-0.15, -0.1) is 0 Å². The first-order valence-electron chi connectivity index (χ1n) is 14.1. The zero-order valence-electron chi connectivity index (χ0n) is 22.4. The van der Waals surface area contributed by atoms with Crippen LogP contribution < -0.4 is 5.73 Å². The van der Waals surface area contributed by atoms with Crippen LogP contribution in [0.1, 0.15) is 126 Å². The number of unbranched alkanes of at least 4 members (excludes halogenated alkanes) is 1. The van der Waals surface area contributed by atoms with E-state index in [9.17, 15) is 5.11 Å². The van der Waals surface area contributed by atoms with E-state index in [-0.39, 0.29) is 22.5 Å². The SMILES string of the molecule is CCCC[C@]1(N)CC[C@]2(C)C(=CC[C@@H]3[C@@]4(C)CC[C@H](O)C(C)(C)[C@@H]4CC[C@]32C)[C@@H]1CCC. The summed E-state index contributed by atoms with van der Waals surface area (Å²) in [6.07, 6.45) is 17.2. The van der Waals surface area contributed by atoms with Gasteiger partial charge >= 0.3 is 0 Å². The van der Waals surface area contributed by atoms with Gasteiger partial charge in [0.05, 0.1) is 6.10 Å². The van der Waals surface area contributed by atoms with Gasteiger partial charge in [0.2, 0.25) is 0 Å². The van der Waals surface area contributed by atoms with Gasteiger partial charge in [-0.25, -0.2) is 0 Å². The molecule has 3 saturated carbocycles. The maximum Gasteiger partial charge on any atom is 0.0594 e. The Morgan fingerprint density at radius 2 is 1.66 bits per heavy atom. The van der Waals surface area contributed by atoms with Crippen molar-refractivity contribution in [3.8, 4) is 0 Å². The van der Waals surface area contributed by atoms with Gasteiger partial charge in [0.25, 0.3) is 0 Å². The number of aliphatic hydroxyl groups excluding tert-OH is 1. The molecule has 0 spiro atoms. The monoisotopic (exact) mass is 443 g/mol. The third-order valence-corrected chi connectivity index (χ3v) is 12.2. The van der Waals surface area contributed by atoms with E-state index < -0.39 is 0 Å². The van der Waals surface area contributed by atoms with Crippen LogP contribution in [0.25, 0.3) is 0 Å². The molecule has 0 unspecified atom stereocenters. The quantitative estimate of drug-likeness (QED) is 0.429. The van der Waals surface area contributed by atoms with Crippen LogP contribution in [-0.2, 0) is 0 Å². The molecule has 0 saturated heterocycles. The van der Waals surface area contributed by atoms with Crippen molar-refractivity contribution in [2.75, 3.05) is 0 Å². The first-order chi connectivity index (χ1) is 14.9. The Hall–Kier alpha value is -0.340. The Morgan fingerprint density at radius 3 is 2.31 bits per heavy atom. The molecule has 4 aliphatic rings. The Morgan fingerprint density at radius 1 is 0.938 bits per heavy atom. The molecular weight excluding hydrogens is 390 g/mol. The zero-order chi connectivity index (χ0) is 23.6. The van der Waals surface area contributed by atoms with E-state index in [1.54, 1.807) is 5.57 Å². The molecule has 4 aliphatic carbocycles. The Labute approximate surface area is 199 Å². The number of fused-ring (bicyclic) bond motifs is 5. The van der Waals surface area contributed by atoms with E-state index in [1.165, 1.54) is 70.6 Å². The highest BCUT2D eigenvalue weighted by Gasteiger charge is 2.67. The van der Waals surface area contributed by atoms with Crippen LogP contribution in [0.5, 0.6) is 0 Å². The van der Waals surface area contributed by atoms with Crippen LogP contribution >= 0.6 is 0 Å². The second kappa shape index (κ2) is 8.11. The average Bonchev–Trinajstić information content (AvgIpc) is 2.73. The summed E-state index contributed by atoms with van der Waals surface area (Å²) in [6, 6.07) is 0. The summed E-state index contributed by atoms with van der Waals surface area (Å²) >= 11 is 0. The number of rotatable bonds is 5. The highest BCUT2D eigenvalue weighted by Crippen LogP contribution is 2.73. The van der Waals surface area contributed by atoms with Gasteiger partial charge in [-0.1, -0.05) is 79.4 Å². The van der Waals surface area contributed by atoms with E-state index in [0.717, 1.165) is 12.3 Å². The van der Waals surface area contributed by atoms with Gasteiger partial charge in [0.15, 0.2) is 0 Å². The van der Waals surface area contributed by atoms with Gasteiger partial charge in [-0.05, 0) is 97.2 Å². The van der Waals surface area contributed by atoms with Crippen molar-refractivity contribution in [1.29, 1.82) is 0 Å². The van der Waals surface area contributed by atoms with Gasteiger partial charge < -0.3 is 10.8 Å². The fourth-order valence-corrected chi connectivity index (χ4v) is 9.99. The maximum atomic E-state index is 10.9. The van der Waals surface area contributed by atoms with Crippen LogP contribution in [-0.4, -0.2) is 16.7 Å². The first kappa shape index (κ1) is 24.8. The standard InChI is InChI=1S/C30H53NO/c1-8-10-16-30(31)20-19-28(6)21(22(30)11-9-2)12-13-24-27(5)17-15-25(32)26(3,4)23(27)14-18-29(24,28)7/h12,22-25,32H,8-11,13-20,31H2,1-7H3/t22-,23-,24+,25-,27-,28+,29+,30-/m0/s1. The van der Waals surface area contributed by atoms with Gasteiger partial charge in [-0.3, -0.25) is 0 Å². The third kappa shape index (κ3) is 3.24. The van der Waals surface area contributed by atoms with Crippen molar-refractivity contribution in [1.82, 2.24) is 0 Å². The molecule has 2 heteroatoms. The van der Waals surface area contributed by atoms with E-state index in [2.05, 4.69) is 54.5 Å². The molecule has 8 atom stereocenters. The van der Waals surface area contributed by atoms with E-state index in [0.29, 0.717) is 22.7 Å². The molecule has 2 nitrogen and oxygen atoms in total. The molecule has 0 bridgehead atoms. The number of hydrogen-bond donors (Lipinski definition) is 2. The van der Waals surface area contributed by atoms with Crippen LogP contribution in [0.15, 0.2) is 11.6 Å². The minimum Gasteiger partial charge on any atom is -0.393 e. The van der Waals surface area contributed by atoms with Crippen LogP contribution in [0.3, 0.4) is 0 Å². The summed E-state index contributed by atoms with van der Waals surface area (Å²) in [5.74, 6) is 1.91. The summed E-state index contributed by atoms with van der Waals surface area (Å²) in [7, 11) is 0. The summed E-state index contributed by atoms with van der Waals surface area (Å²) in [6.45, 7) is 17.3. The lowest BCUT2D eigenvalue weighted by molar-refractivity contribution is -0.199. The molecule has 0 amide bonds. The lowest BCUT2D eigenvalue weighted by Crippen LogP contribution is -2.65. The van der Waals surface area contributed by atoms with Crippen molar-refractivity contribution in [2.45, 2.75) is 137 Å². The maximum absolute atomic E-state index is 10.9. The van der Waals surface area contributed by atoms with Crippen molar-refractivity contribution in [3.63, 3.8) is 0 Å². The van der Waals surface area contributed by atoms with Crippen LogP contribution in [0.2, 0.25) is 0 Å². The molecule has 0 heterocycles. The Bertz CT molecular complexity index is 741. The molecule has 3 fully saturated rings. The third-order valence-electron chi connectivity index (χ3n) is 12.2. The average molecular weight is 444 g/mol. The summed E-state index contributed by atoms with van der Waals surface area (Å²) < 4.78 is 0. The molecular formula is C30H53NO. The summed E-state index contributed by atoms with van der Waals surface area (Å²) in [4.78, 5) is 0. The van der Waals surface area contributed by atoms with Gasteiger partial charge in [0, 0.05) is 5.54 Å². The molecule has 0 aromatic heterocycles. The molecule has 32 heavy (non-hydrogen) atoms. The Balaban J connectivity index is 1.75. The van der Waals surface area contributed by atoms with Gasteiger partial charge in [-0.2, -0.15) is 0 Å². The molecule has 0 radical (unpaired) electrons. The molecule has 184 valence electrons. The van der Waals surface area contributed by atoms with Crippen molar-refractivity contribution in [3.05, 3.63) is 11.6 Å². The van der Waals surface area contributed by atoms with Crippen molar-refractivity contribution < 1.29 is 5.11 Å². The molecule has 0 aliphatic heterocycles. The van der Waals surface area contributed by atoms with Crippen molar-refractivity contribution >= 4 is 0 Å². The second-order valence-corrected chi connectivity index (χ2v) is 13.8. The van der Waals surface area contributed by atoms with Gasteiger partial charge in [0.1, 0.15) is 0 Å². The summed E-state index contributed by atoms with van der Waals surface area (Å²) in [5.41, 5.74) is 10.0. The lowest BCUT2D eigenvalue weighted by Gasteiger charge is -2.70. The smallest absolute Gasteiger partial charge is 0.0594 e. The summed E-state index contributed by atoms with van der Waals surface area (Å²) in [5, 5.41) is 10.9. The highest BCUT2D eigenvalue weighted by atomic mass is 16.3. The lowest BCUT2D eigenvalue weighted by atomic mass is 9.34. The van der Waals surface area contributed by atoms with Crippen LogP contribution in [0, 0.1) is 39.4 Å². The highest BCUT2D eigenvalue weighted by molar-refractivity contribution is 5.34. The van der Waals surface area contributed by atoms with Crippen molar-refractivity contribution in [2.24, 2.45) is 45.1 Å². The predicted molar refractivity (Wildman–Crippen MR) is 136 cm³/mol. The van der Waals surface area contributed by atoms with Crippen LogP contribution in [0.4, 0.5) is 0 Å². The van der Waals surface area contributed by atoms with E-state index in [1.807, 2.05) is 0 Å². The molecule has 0 aromatic carbocycles. The topological polar surface area (TPSA) is 46.2 Å². The fourth-order valence-electron chi connectivity index (χ4n) is 9.99. The molecule has 0 aromatic rings. The Kier molecular flexibility index (Phi) is 6.28.